The molecule has 0 aliphatic carbocycles. The molecule has 1 rings (SSSR count). The van der Waals surface area contributed by atoms with Crippen molar-refractivity contribution in [2.45, 2.75) is 6.54 Å². The summed E-state index contributed by atoms with van der Waals surface area (Å²) in [4.78, 5) is 0.953. The van der Waals surface area contributed by atoms with Crippen LogP contribution in [0.3, 0.4) is 0 Å². The highest BCUT2D eigenvalue weighted by Gasteiger charge is 2.02. The van der Waals surface area contributed by atoms with Gasteiger partial charge in [0.2, 0.25) is 0 Å². The summed E-state index contributed by atoms with van der Waals surface area (Å²) in [7, 11) is 0. The lowest BCUT2D eigenvalue weighted by atomic mass is 10.3. The molecular formula is C6H7N3S. The second-order valence-electron chi connectivity index (χ2n) is 1.81. The van der Waals surface area contributed by atoms with Crippen LogP contribution in [0.1, 0.15) is 10.4 Å². The van der Waals surface area contributed by atoms with Crippen molar-refractivity contribution in [2.24, 2.45) is 5.73 Å². The van der Waals surface area contributed by atoms with E-state index < -0.39 is 0 Å². The number of thiophene rings is 1. The summed E-state index contributed by atoms with van der Waals surface area (Å²) < 4.78 is 0. The van der Waals surface area contributed by atoms with E-state index in [9.17, 15) is 0 Å². The van der Waals surface area contributed by atoms with Gasteiger partial charge in [-0.05, 0) is 6.07 Å². The third-order valence-corrected chi connectivity index (χ3v) is 2.12. The molecule has 1 heterocycles. The summed E-state index contributed by atoms with van der Waals surface area (Å²) in [6.07, 6.45) is 0. The molecule has 0 radical (unpaired) electrons. The minimum absolute atomic E-state index is 0.455. The molecule has 1 aromatic heterocycles. The van der Waals surface area contributed by atoms with Crippen LogP contribution in [0, 0.1) is 11.3 Å². The van der Waals surface area contributed by atoms with Gasteiger partial charge in [-0.1, -0.05) is 0 Å². The Bertz CT molecular complexity index is 271. The molecule has 0 aliphatic heterocycles. The molecular weight excluding hydrogens is 146 g/mol. The molecule has 0 fully saturated rings. The van der Waals surface area contributed by atoms with Crippen LogP contribution in [-0.2, 0) is 6.54 Å². The summed E-state index contributed by atoms with van der Waals surface area (Å²) in [6.45, 7) is 0.455. The molecule has 0 saturated carbocycles. The van der Waals surface area contributed by atoms with Crippen molar-refractivity contribution < 1.29 is 0 Å². The summed E-state index contributed by atoms with van der Waals surface area (Å²) >= 11 is 1.37. The van der Waals surface area contributed by atoms with Crippen molar-refractivity contribution in [2.75, 3.05) is 5.73 Å². The first-order chi connectivity index (χ1) is 4.77. The average molecular weight is 153 g/mol. The monoisotopic (exact) mass is 153 g/mol. The first-order valence-corrected chi connectivity index (χ1v) is 3.58. The summed E-state index contributed by atoms with van der Waals surface area (Å²) in [5.41, 5.74) is 11.3. The van der Waals surface area contributed by atoms with E-state index in [1.54, 1.807) is 6.07 Å². The molecule has 0 unspecified atom stereocenters. The van der Waals surface area contributed by atoms with Crippen molar-refractivity contribution in [1.29, 1.82) is 5.26 Å². The maximum Gasteiger partial charge on any atom is 0.104 e. The van der Waals surface area contributed by atoms with Gasteiger partial charge in [0.15, 0.2) is 0 Å². The molecule has 0 aliphatic rings. The molecule has 3 nitrogen and oxygen atoms in total. The highest BCUT2D eigenvalue weighted by Crippen LogP contribution is 2.23. The lowest BCUT2D eigenvalue weighted by Crippen LogP contribution is -1.91. The molecule has 0 spiro atoms. The second-order valence-corrected chi connectivity index (χ2v) is 2.97. The standard InChI is InChI=1S/C6H7N3S/c7-2-4-1-5(3-8)10-6(4)9/h1H,3,8-9H2. The molecule has 4 N–H and O–H groups in total. The second kappa shape index (κ2) is 2.69. The lowest BCUT2D eigenvalue weighted by molar-refractivity contribution is 1.11. The topological polar surface area (TPSA) is 75.8 Å². The Morgan fingerprint density at radius 2 is 2.40 bits per heavy atom. The predicted molar refractivity (Wildman–Crippen MR) is 41.3 cm³/mol. The van der Waals surface area contributed by atoms with Crippen LogP contribution in [0.2, 0.25) is 0 Å². The van der Waals surface area contributed by atoms with Gasteiger partial charge in [-0.15, -0.1) is 11.3 Å². The number of anilines is 1. The van der Waals surface area contributed by atoms with Crippen LogP contribution in [0.15, 0.2) is 6.07 Å². The van der Waals surface area contributed by atoms with Crippen LogP contribution in [0.4, 0.5) is 5.00 Å². The van der Waals surface area contributed by atoms with Crippen molar-refractivity contribution in [3.05, 3.63) is 16.5 Å². The van der Waals surface area contributed by atoms with Crippen molar-refractivity contribution >= 4 is 16.3 Å². The summed E-state index contributed by atoms with van der Waals surface area (Å²) in [5, 5.41) is 9.02. The highest BCUT2D eigenvalue weighted by atomic mass is 32.1. The Balaban J connectivity index is 3.07. The van der Waals surface area contributed by atoms with Crippen LogP contribution >= 0.6 is 11.3 Å². The summed E-state index contributed by atoms with van der Waals surface area (Å²) in [6, 6.07) is 3.70. The van der Waals surface area contributed by atoms with Gasteiger partial charge in [0.05, 0.1) is 5.56 Å². The van der Waals surface area contributed by atoms with Crippen LogP contribution in [0.5, 0.6) is 0 Å². The van der Waals surface area contributed by atoms with Gasteiger partial charge in [-0.3, -0.25) is 0 Å². The number of nitrogens with zero attached hydrogens (tertiary/aromatic N) is 1. The number of nitrogens with two attached hydrogens (primary N) is 2. The smallest absolute Gasteiger partial charge is 0.104 e. The van der Waals surface area contributed by atoms with E-state index in [4.69, 9.17) is 16.7 Å². The zero-order valence-electron chi connectivity index (χ0n) is 5.29. The predicted octanol–water partition coefficient (Wildman–Crippen LogP) is 0.661. The van der Waals surface area contributed by atoms with Crippen molar-refractivity contribution in [1.82, 2.24) is 0 Å². The zero-order chi connectivity index (χ0) is 7.56. The third-order valence-electron chi connectivity index (χ3n) is 1.13. The Morgan fingerprint density at radius 3 is 2.70 bits per heavy atom. The minimum atomic E-state index is 0.455. The molecule has 0 amide bonds. The van der Waals surface area contributed by atoms with Gasteiger partial charge < -0.3 is 11.5 Å². The van der Waals surface area contributed by atoms with Crippen LogP contribution in [-0.4, -0.2) is 0 Å². The molecule has 1 aromatic rings. The Hall–Kier alpha value is -1.05. The molecule has 0 atom stereocenters. The SMILES string of the molecule is N#Cc1cc(CN)sc1N. The largest absolute Gasteiger partial charge is 0.389 e. The van der Waals surface area contributed by atoms with Crippen LogP contribution in [0.25, 0.3) is 0 Å². The first-order valence-electron chi connectivity index (χ1n) is 2.76. The zero-order valence-corrected chi connectivity index (χ0v) is 6.11. The number of rotatable bonds is 1. The average Bonchev–Trinajstić information content (AvgIpc) is 2.30. The molecule has 0 aromatic carbocycles. The van der Waals surface area contributed by atoms with E-state index in [1.807, 2.05) is 6.07 Å². The van der Waals surface area contributed by atoms with Gasteiger partial charge >= 0.3 is 0 Å². The van der Waals surface area contributed by atoms with Gasteiger partial charge in [0.25, 0.3) is 0 Å². The van der Waals surface area contributed by atoms with E-state index in [-0.39, 0.29) is 0 Å². The Labute approximate surface area is 62.9 Å². The molecule has 52 valence electrons. The van der Waals surface area contributed by atoms with Crippen LogP contribution < -0.4 is 11.5 Å². The summed E-state index contributed by atoms with van der Waals surface area (Å²) in [5.74, 6) is 0. The number of hydrogen-bond acceptors (Lipinski definition) is 4. The van der Waals surface area contributed by atoms with Gasteiger partial charge in [-0.25, -0.2) is 0 Å². The van der Waals surface area contributed by atoms with E-state index in [0.717, 1.165) is 4.88 Å². The lowest BCUT2D eigenvalue weighted by Gasteiger charge is -1.81. The van der Waals surface area contributed by atoms with E-state index in [0.29, 0.717) is 17.1 Å². The molecule has 0 saturated heterocycles. The fourth-order valence-electron chi connectivity index (χ4n) is 0.646. The fraction of sp³-hybridized carbons (Fsp3) is 0.167. The first kappa shape index (κ1) is 7.06. The van der Waals surface area contributed by atoms with Crippen molar-refractivity contribution in [3.63, 3.8) is 0 Å². The Morgan fingerprint density at radius 1 is 1.70 bits per heavy atom. The minimum Gasteiger partial charge on any atom is -0.389 e. The fourth-order valence-corrected chi connectivity index (χ4v) is 1.40. The van der Waals surface area contributed by atoms with E-state index in [2.05, 4.69) is 0 Å². The molecule has 4 heteroatoms. The number of hydrogen-bond donors (Lipinski definition) is 2. The van der Waals surface area contributed by atoms with Gasteiger partial charge in [-0.2, -0.15) is 5.26 Å². The quantitative estimate of drug-likeness (QED) is 0.622. The van der Waals surface area contributed by atoms with E-state index in [1.165, 1.54) is 11.3 Å². The maximum absolute atomic E-state index is 8.46. The molecule has 10 heavy (non-hydrogen) atoms. The van der Waals surface area contributed by atoms with Gasteiger partial charge in [0, 0.05) is 11.4 Å². The van der Waals surface area contributed by atoms with Gasteiger partial charge in [0.1, 0.15) is 11.1 Å². The maximum atomic E-state index is 8.46. The normalized spacial score (nSPS) is 9.20. The third kappa shape index (κ3) is 1.10. The number of nitrogen functional groups attached to an aromatic ring is 1. The Kier molecular flexibility index (Phi) is 1.90. The van der Waals surface area contributed by atoms with E-state index >= 15 is 0 Å². The molecule has 0 bridgehead atoms. The highest BCUT2D eigenvalue weighted by molar-refractivity contribution is 7.16. The number of nitriles is 1. The van der Waals surface area contributed by atoms with Crippen molar-refractivity contribution in [3.8, 4) is 6.07 Å².